The standard InChI is InChI=1S/C16H22N2O2S2/c1-16(2,3)10-5-6-12-9(7-10)8-11-13(17)15(22(4,19)20)21-14(11)18-12/h8,10H,5-7,17H2,1-4H3. The van der Waals surface area contributed by atoms with Gasteiger partial charge in [0.2, 0.25) is 0 Å². The van der Waals surface area contributed by atoms with Crippen molar-refractivity contribution in [3.05, 3.63) is 17.3 Å². The molecule has 0 aliphatic heterocycles. The molecule has 2 N–H and O–H groups in total. The zero-order valence-corrected chi connectivity index (χ0v) is 15.1. The fourth-order valence-corrected chi connectivity index (χ4v) is 5.37. The summed E-state index contributed by atoms with van der Waals surface area (Å²) >= 11 is 1.19. The minimum absolute atomic E-state index is 0.240. The Bertz CT molecular complexity index is 845. The molecule has 2 heterocycles. The molecule has 0 aromatic carbocycles. The van der Waals surface area contributed by atoms with E-state index in [-0.39, 0.29) is 9.62 Å². The van der Waals surface area contributed by atoms with Gasteiger partial charge in [0.15, 0.2) is 9.84 Å². The lowest BCUT2D eigenvalue weighted by atomic mass is 9.71. The molecule has 0 amide bonds. The molecule has 120 valence electrons. The van der Waals surface area contributed by atoms with Crippen LogP contribution in [-0.2, 0) is 22.7 Å². The highest BCUT2D eigenvalue weighted by molar-refractivity contribution is 7.93. The summed E-state index contributed by atoms with van der Waals surface area (Å²) in [6, 6.07) is 2.07. The van der Waals surface area contributed by atoms with Crippen LogP contribution in [0.2, 0.25) is 0 Å². The lowest BCUT2D eigenvalue weighted by Gasteiger charge is -2.34. The van der Waals surface area contributed by atoms with Gasteiger partial charge in [-0.05, 0) is 42.2 Å². The van der Waals surface area contributed by atoms with Crippen LogP contribution in [0.15, 0.2) is 10.3 Å². The van der Waals surface area contributed by atoms with Crippen LogP contribution in [0.5, 0.6) is 0 Å². The largest absolute Gasteiger partial charge is 0.396 e. The number of aryl methyl sites for hydroxylation is 1. The van der Waals surface area contributed by atoms with Gasteiger partial charge in [0.1, 0.15) is 9.04 Å². The lowest BCUT2D eigenvalue weighted by molar-refractivity contribution is 0.215. The fraction of sp³-hybridized carbons (Fsp3) is 0.562. The van der Waals surface area contributed by atoms with Gasteiger partial charge in [-0.1, -0.05) is 20.8 Å². The van der Waals surface area contributed by atoms with Crippen molar-refractivity contribution in [3.63, 3.8) is 0 Å². The van der Waals surface area contributed by atoms with Crippen LogP contribution in [0.25, 0.3) is 10.2 Å². The van der Waals surface area contributed by atoms with Crippen molar-refractivity contribution in [2.24, 2.45) is 11.3 Å². The smallest absolute Gasteiger partial charge is 0.187 e. The van der Waals surface area contributed by atoms with Crippen LogP contribution in [0, 0.1) is 11.3 Å². The quantitative estimate of drug-likeness (QED) is 0.864. The number of hydrogen-bond donors (Lipinski definition) is 1. The maximum absolute atomic E-state index is 11.8. The second-order valence-corrected chi connectivity index (χ2v) is 10.5. The molecule has 1 aliphatic rings. The average molecular weight is 338 g/mol. The molecule has 0 saturated heterocycles. The maximum atomic E-state index is 11.8. The second-order valence-electron chi connectivity index (χ2n) is 7.33. The minimum Gasteiger partial charge on any atom is -0.396 e. The first kappa shape index (κ1) is 15.7. The summed E-state index contributed by atoms with van der Waals surface area (Å²) in [6.07, 6.45) is 4.28. The van der Waals surface area contributed by atoms with Crippen LogP contribution in [-0.4, -0.2) is 19.7 Å². The Labute approximate surface area is 135 Å². The molecule has 22 heavy (non-hydrogen) atoms. The Kier molecular flexibility index (Phi) is 3.53. The van der Waals surface area contributed by atoms with E-state index in [0.29, 0.717) is 11.6 Å². The number of nitrogens with two attached hydrogens (primary N) is 1. The Balaban J connectivity index is 2.13. The molecule has 0 fully saturated rings. The summed E-state index contributed by atoms with van der Waals surface area (Å²) in [5.41, 5.74) is 9.03. The highest BCUT2D eigenvalue weighted by Gasteiger charge is 2.30. The molecule has 1 aliphatic carbocycles. The zero-order valence-electron chi connectivity index (χ0n) is 13.4. The van der Waals surface area contributed by atoms with Crippen LogP contribution >= 0.6 is 11.3 Å². The van der Waals surface area contributed by atoms with Crippen molar-refractivity contribution in [2.75, 3.05) is 12.0 Å². The molecule has 0 radical (unpaired) electrons. The first-order chi connectivity index (χ1) is 10.1. The van der Waals surface area contributed by atoms with Gasteiger partial charge in [-0.2, -0.15) is 0 Å². The van der Waals surface area contributed by atoms with E-state index in [0.717, 1.165) is 35.2 Å². The monoisotopic (exact) mass is 338 g/mol. The van der Waals surface area contributed by atoms with Gasteiger partial charge in [-0.25, -0.2) is 13.4 Å². The Morgan fingerprint density at radius 2 is 2.05 bits per heavy atom. The van der Waals surface area contributed by atoms with Gasteiger partial charge in [0, 0.05) is 17.3 Å². The van der Waals surface area contributed by atoms with E-state index in [1.807, 2.05) is 0 Å². The topological polar surface area (TPSA) is 73.0 Å². The summed E-state index contributed by atoms with van der Waals surface area (Å²) in [6.45, 7) is 6.82. The first-order valence-corrected chi connectivity index (χ1v) is 10.2. The summed E-state index contributed by atoms with van der Waals surface area (Å²) in [5, 5.41) is 0.790. The normalized spacial score (nSPS) is 19.4. The summed E-state index contributed by atoms with van der Waals surface area (Å²) < 4.78 is 23.9. The number of pyridine rings is 1. The molecule has 2 aromatic rings. The number of hydrogen-bond acceptors (Lipinski definition) is 5. The maximum Gasteiger partial charge on any atom is 0.187 e. The zero-order chi connectivity index (χ0) is 16.3. The SMILES string of the molecule is CC(C)(C)C1CCc2nc3sc(S(C)(=O)=O)c(N)c3cc2C1. The number of fused-ring (bicyclic) bond motifs is 2. The molecule has 4 nitrogen and oxygen atoms in total. The van der Waals surface area contributed by atoms with Crippen molar-refractivity contribution >= 4 is 37.1 Å². The number of thiophene rings is 1. The van der Waals surface area contributed by atoms with Gasteiger partial charge >= 0.3 is 0 Å². The van der Waals surface area contributed by atoms with E-state index in [9.17, 15) is 8.42 Å². The van der Waals surface area contributed by atoms with Crippen LogP contribution in [0.1, 0.15) is 38.4 Å². The van der Waals surface area contributed by atoms with Crippen LogP contribution in [0.3, 0.4) is 0 Å². The van der Waals surface area contributed by atoms with E-state index in [4.69, 9.17) is 10.7 Å². The van der Waals surface area contributed by atoms with E-state index >= 15 is 0 Å². The van der Waals surface area contributed by atoms with E-state index < -0.39 is 9.84 Å². The number of sulfone groups is 1. The number of aromatic nitrogens is 1. The first-order valence-electron chi connectivity index (χ1n) is 7.48. The van der Waals surface area contributed by atoms with Crippen LogP contribution in [0.4, 0.5) is 5.69 Å². The average Bonchev–Trinajstić information content (AvgIpc) is 2.71. The van der Waals surface area contributed by atoms with E-state index in [1.165, 1.54) is 23.2 Å². The molecule has 0 bridgehead atoms. The third-order valence-electron chi connectivity index (χ3n) is 4.61. The lowest BCUT2D eigenvalue weighted by Crippen LogP contribution is -2.27. The van der Waals surface area contributed by atoms with E-state index in [1.54, 1.807) is 0 Å². The highest BCUT2D eigenvalue weighted by atomic mass is 32.2. The van der Waals surface area contributed by atoms with E-state index in [2.05, 4.69) is 26.8 Å². The predicted molar refractivity (Wildman–Crippen MR) is 92.1 cm³/mol. The van der Waals surface area contributed by atoms with Crippen molar-refractivity contribution in [2.45, 2.75) is 44.2 Å². The van der Waals surface area contributed by atoms with Gasteiger partial charge in [-0.3, -0.25) is 0 Å². The van der Waals surface area contributed by atoms with Crippen LogP contribution < -0.4 is 5.73 Å². The Hall–Kier alpha value is -1.14. The summed E-state index contributed by atoms with van der Waals surface area (Å²) in [4.78, 5) is 5.44. The molecule has 2 aromatic heterocycles. The van der Waals surface area contributed by atoms with Crippen molar-refractivity contribution in [1.29, 1.82) is 0 Å². The third-order valence-corrected chi connectivity index (χ3v) is 7.57. The van der Waals surface area contributed by atoms with Crippen molar-refractivity contribution < 1.29 is 8.42 Å². The molecule has 1 unspecified atom stereocenters. The van der Waals surface area contributed by atoms with Gasteiger partial charge in [-0.15, -0.1) is 11.3 Å². The van der Waals surface area contributed by atoms with Gasteiger partial charge in [0.05, 0.1) is 5.69 Å². The van der Waals surface area contributed by atoms with Gasteiger partial charge in [0.25, 0.3) is 0 Å². The summed E-state index contributed by atoms with van der Waals surface area (Å²) in [5.74, 6) is 0.619. The molecular formula is C16H22N2O2S2. The molecule has 0 saturated carbocycles. The minimum atomic E-state index is -3.30. The summed E-state index contributed by atoms with van der Waals surface area (Å²) in [7, 11) is -3.30. The molecule has 6 heteroatoms. The number of nitrogen functional groups attached to an aromatic ring is 1. The highest BCUT2D eigenvalue weighted by Crippen LogP contribution is 2.41. The Morgan fingerprint density at radius 3 is 2.64 bits per heavy atom. The molecule has 3 rings (SSSR count). The fourth-order valence-electron chi connectivity index (χ4n) is 3.18. The second kappa shape index (κ2) is 4.93. The van der Waals surface area contributed by atoms with Gasteiger partial charge < -0.3 is 5.73 Å². The Morgan fingerprint density at radius 1 is 1.36 bits per heavy atom. The molecule has 1 atom stereocenters. The molecule has 0 spiro atoms. The van der Waals surface area contributed by atoms with Crippen molar-refractivity contribution in [1.82, 2.24) is 4.98 Å². The molecular weight excluding hydrogens is 316 g/mol. The van der Waals surface area contributed by atoms with Crippen molar-refractivity contribution in [3.8, 4) is 0 Å². The third kappa shape index (κ3) is 2.63. The number of nitrogens with zero attached hydrogens (tertiary/aromatic N) is 1. The predicted octanol–water partition coefficient (Wildman–Crippen LogP) is 3.43. The number of anilines is 1. The number of rotatable bonds is 1.